The molecule has 1 aromatic heterocycles. The van der Waals surface area contributed by atoms with Crippen molar-refractivity contribution >= 4 is 40.6 Å². The molecule has 2 amide bonds. The molecule has 2 aliphatic heterocycles. The largest absolute Gasteiger partial charge is 0.417 e. The van der Waals surface area contributed by atoms with Gasteiger partial charge < -0.3 is 15.4 Å². The molecule has 6 rings (SSSR count). The van der Waals surface area contributed by atoms with Crippen molar-refractivity contribution < 1.29 is 22.7 Å². The number of morpholine rings is 1. The number of nitrogens with zero attached hydrogens (tertiary/aromatic N) is 5. The average Bonchev–Trinajstić information content (AvgIpc) is 3.02. The predicted molar refractivity (Wildman–Crippen MR) is 152 cm³/mol. The molecule has 3 heterocycles. The lowest BCUT2D eigenvalue weighted by molar-refractivity contribution is -0.137. The van der Waals surface area contributed by atoms with Crippen molar-refractivity contribution in [1.82, 2.24) is 20.0 Å². The number of alkyl halides is 3. The summed E-state index contributed by atoms with van der Waals surface area (Å²) in [6, 6.07) is 17.3. The lowest BCUT2D eigenvalue weighted by atomic mass is 10.0. The van der Waals surface area contributed by atoms with Crippen LogP contribution in [0.25, 0.3) is 11.1 Å². The standard InChI is InChI=1S/C28H24ClF3N8O2/c1-16-13-39-14-24(42-16)25-33-15-34-26(37-25)40(39)38-23-12-19(7-9-20(23)17-5-3-2-4-6-17)36-27(41)35-18-8-10-22(29)21(11-18)28(30,31)32/h2-12,15-16,24,38H,13-14H2,1H3,(H2,35,36,41). The number of nitrogens with one attached hydrogen (secondary N) is 3. The van der Waals surface area contributed by atoms with E-state index >= 15 is 0 Å². The van der Waals surface area contributed by atoms with E-state index in [0.717, 1.165) is 23.3 Å². The zero-order chi connectivity index (χ0) is 29.4. The summed E-state index contributed by atoms with van der Waals surface area (Å²) in [6.45, 7) is 3.03. The Hall–Kier alpha value is -4.46. The van der Waals surface area contributed by atoms with E-state index in [1.54, 1.807) is 17.3 Å². The monoisotopic (exact) mass is 596 g/mol. The van der Waals surface area contributed by atoms with Gasteiger partial charge in [0.15, 0.2) is 5.82 Å². The Morgan fingerprint density at radius 1 is 1.00 bits per heavy atom. The van der Waals surface area contributed by atoms with Crippen molar-refractivity contribution in [3.8, 4) is 11.1 Å². The molecule has 14 heteroatoms. The minimum atomic E-state index is -4.66. The van der Waals surface area contributed by atoms with Crippen LogP contribution >= 0.6 is 11.6 Å². The number of hydrogen-bond donors (Lipinski definition) is 3. The number of urea groups is 1. The van der Waals surface area contributed by atoms with E-state index in [2.05, 4.69) is 31.0 Å². The molecule has 1 fully saturated rings. The first-order valence-corrected chi connectivity index (χ1v) is 13.3. The Labute approximate surface area is 243 Å². The Kier molecular flexibility index (Phi) is 7.31. The van der Waals surface area contributed by atoms with Crippen LogP contribution in [-0.4, -0.2) is 45.2 Å². The van der Waals surface area contributed by atoms with Gasteiger partial charge in [-0.15, -0.1) is 0 Å². The van der Waals surface area contributed by atoms with Gasteiger partial charge in [0, 0.05) is 23.5 Å². The van der Waals surface area contributed by atoms with Crippen molar-refractivity contribution in [1.29, 1.82) is 0 Å². The molecule has 216 valence electrons. The van der Waals surface area contributed by atoms with Crippen LogP contribution in [0, 0.1) is 0 Å². The average molecular weight is 597 g/mol. The number of fused-ring (bicyclic) bond motifs is 5. The summed E-state index contributed by atoms with van der Waals surface area (Å²) in [7, 11) is 0. The van der Waals surface area contributed by atoms with Crippen LogP contribution in [0.15, 0.2) is 73.1 Å². The summed E-state index contributed by atoms with van der Waals surface area (Å²) in [5.74, 6) is 0.908. The second-order valence-electron chi connectivity index (χ2n) is 9.77. The van der Waals surface area contributed by atoms with Gasteiger partial charge in [-0.25, -0.2) is 9.78 Å². The molecule has 1 saturated heterocycles. The van der Waals surface area contributed by atoms with Crippen LogP contribution in [-0.2, 0) is 10.9 Å². The third-order valence-electron chi connectivity index (χ3n) is 6.70. The Morgan fingerprint density at radius 2 is 1.74 bits per heavy atom. The fourth-order valence-electron chi connectivity index (χ4n) is 4.85. The third-order valence-corrected chi connectivity index (χ3v) is 7.03. The third kappa shape index (κ3) is 5.79. The molecule has 0 radical (unpaired) electrons. The van der Waals surface area contributed by atoms with Gasteiger partial charge in [0.2, 0.25) is 0 Å². The maximum absolute atomic E-state index is 13.3. The fraction of sp³-hybridized carbons (Fsp3) is 0.214. The fourth-order valence-corrected chi connectivity index (χ4v) is 5.08. The first-order valence-electron chi connectivity index (χ1n) is 12.9. The van der Waals surface area contributed by atoms with Crippen molar-refractivity contribution in [3.05, 3.63) is 89.5 Å². The molecule has 4 aromatic rings. The minimum absolute atomic E-state index is 0.0605. The van der Waals surface area contributed by atoms with Gasteiger partial charge in [-0.1, -0.05) is 48.0 Å². The zero-order valence-corrected chi connectivity index (χ0v) is 22.8. The SMILES string of the molecule is CC1CN2CC(O1)c1ncnc(n1)N2Nc1cc(NC(=O)Nc2ccc(Cl)c(C(F)(F)F)c2)ccc1-c1ccccc1. The number of hydrazine groups is 2. The Balaban J connectivity index is 1.30. The molecule has 10 nitrogen and oxygen atoms in total. The van der Waals surface area contributed by atoms with Crippen LogP contribution in [0.4, 0.5) is 41.0 Å². The van der Waals surface area contributed by atoms with E-state index < -0.39 is 22.8 Å². The number of halogens is 4. The molecule has 42 heavy (non-hydrogen) atoms. The highest BCUT2D eigenvalue weighted by atomic mass is 35.5. The lowest BCUT2D eigenvalue weighted by Crippen LogP contribution is -2.53. The van der Waals surface area contributed by atoms with Crippen LogP contribution in [0.2, 0.25) is 5.02 Å². The number of aromatic nitrogens is 3. The predicted octanol–water partition coefficient (Wildman–Crippen LogP) is 6.38. The number of rotatable bonds is 5. The van der Waals surface area contributed by atoms with Crippen LogP contribution in [0.3, 0.4) is 0 Å². The van der Waals surface area contributed by atoms with E-state index in [1.807, 2.05) is 48.3 Å². The quantitative estimate of drug-likeness (QED) is 0.244. The highest BCUT2D eigenvalue weighted by molar-refractivity contribution is 6.31. The number of hydrogen-bond acceptors (Lipinski definition) is 8. The van der Waals surface area contributed by atoms with Gasteiger partial charge in [0.1, 0.15) is 12.4 Å². The van der Waals surface area contributed by atoms with E-state index in [1.165, 1.54) is 12.4 Å². The summed E-state index contributed by atoms with van der Waals surface area (Å²) < 4.78 is 45.9. The van der Waals surface area contributed by atoms with E-state index in [-0.39, 0.29) is 17.9 Å². The molecule has 3 aromatic carbocycles. The second kappa shape index (κ2) is 11.1. The summed E-state index contributed by atoms with van der Waals surface area (Å²) in [4.78, 5) is 26.0. The maximum atomic E-state index is 13.3. The maximum Gasteiger partial charge on any atom is 0.417 e. The minimum Gasteiger partial charge on any atom is -0.364 e. The number of anilines is 4. The molecule has 0 spiro atoms. The first kappa shape index (κ1) is 27.7. The summed E-state index contributed by atoms with van der Waals surface area (Å²) in [5.41, 5.74) is 5.04. The second-order valence-corrected chi connectivity index (χ2v) is 10.2. The van der Waals surface area contributed by atoms with Gasteiger partial charge in [-0.2, -0.15) is 33.3 Å². The van der Waals surface area contributed by atoms with Gasteiger partial charge in [0.25, 0.3) is 5.95 Å². The number of ether oxygens (including phenoxy) is 1. The van der Waals surface area contributed by atoms with Crippen LogP contribution in [0.1, 0.15) is 24.4 Å². The van der Waals surface area contributed by atoms with Crippen molar-refractivity contribution in [3.63, 3.8) is 0 Å². The van der Waals surface area contributed by atoms with E-state index in [4.69, 9.17) is 16.3 Å². The van der Waals surface area contributed by atoms with Gasteiger partial charge in [0.05, 0.1) is 28.9 Å². The van der Waals surface area contributed by atoms with Gasteiger partial charge >= 0.3 is 12.2 Å². The first-order chi connectivity index (χ1) is 20.1. The zero-order valence-electron chi connectivity index (χ0n) is 22.1. The smallest absolute Gasteiger partial charge is 0.364 e. The van der Waals surface area contributed by atoms with Crippen molar-refractivity contribution in [2.24, 2.45) is 0 Å². The number of carbonyl (C=O) groups is 1. The molecular weight excluding hydrogens is 573 g/mol. The molecule has 3 atom stereocenters. The van der Waals surface area contributed by atoms with Gasteiger partial charge in [-0.05, 0) is 42.8 Å². The molecule has 2 aliphatic rings. The number of benzene rings is 3. The summed E-state index contributed by atoms with van der Waals surface area (Å²) in [5, 5.41) is 8.44. The molecule has 0 aliphatic carbocycles. The van der Waals surface area contributed by atoms with Gasteiger partial charge in [-0.3, -0.25) is 5.43 Å². The molecule has 4 bridgehead atoms. The van der Waals surface area contributed by atoms with Crippen LogP contribution in [0.5, 0.6) is 0 Å². The highest BCUT2D eigenvalue weighted by Crippen LogP contribution is 2.37. The Morgan fingerprint density at radius 3 is 2.50 bits per heavy atom. The number of amides is 2. The van der Waals surface area contributed by atoms with Crippen molar-refractivity contribution in [2.75, 3.05) is 34.3 Å². The summed E-state index contributed by atoms with van der Waals surface area (Å²) in [6.07, 6.45) is -3.65. The topological polar surface area (TPSA) is 108 Å². The van der Waals surface area contributed by atoms with E-state index in [9.17, 15) is 18.0 Å². The molecule has 3 unspecified atom stereocenters. The van der Waals surface area contributed by atoms with Crippen molar-refractivity contribution in [2.45, 2.75) is 25.3 Å². The number of carbonyl (C=O) groups excluding carboxylic acids is 1. The lowest BCUT2D eigenvalue weighted by Gasteiger charge is -2.40. The van der Waals surface area contributed by atoms with E-state index in [0.29, 0.717) is 36.2 Å². The Bertz CT molecular complexity index is 1620. The normalized spacial score (nSPS) is 19.5. The summed E-state index contributed by atoms with van der Waals surface area (Å²) >= 11 is 5.70. The van der Waals surface area contributed by atoms with Crippen LogP contribution < -0.4 is 21.2 Å². The molecule has 3 N–H and O–H groups in total. The molecule has 0 saturated carbocycles. The molecular formula is C28H24ClF3N8O2. The highest BCUT2D eigenvalue weighted by Gasteiger charge is 2.37.